The number of Topliss-reactive ketones (excluding diaryl/α,β-unsaturated/α-hetero) is 1. The van der Waals surface area contributed by atoms with Crippen LogP contribution in [0.2, 0.25) is 0 Å². The monoisotopic (exact) mass is 598 g/mol. The highest BCUT2D eigenvalue weighted by atomic mass is 32.2. The number of benzene rings is 3. The van der Waals surface area contributed by atoms with Crippen LogP contribution >= 0.6 is 0 Å². The molecule has 2 unspecified atom stereocenters. The Morgan fingerprint density at radius 2 is 1.43 bits per heavy atom. The number of hydrogen-bond donors (Lipinski definition) is 0. The van der Waals surface area contributed by atoms with Crippen molar-refractivity contribution in [2.75, 3.05) is 33.7 Å². The minimum absolute atomic E-state index is 0.0773. The van der Waals surface area contributed by atoms with E-state index < -0.39 is 27.5 Å². The highest BCUT2D eigenvalue weighted by molar-refractivity contribution is 7.92. The molecule has 42 heavy (non-hydrogen) atoms. The fraction of sp³-hybridized carbons (Fsp3) is 0.406. The maximum Gasteiger partial charge on any atom is 0.203 e. The Balaban J connectivity index is 1.74. The van der Waals surface area contributed by atoms with Crippen LogP contribution < -0.4 is 23.7 Å². The summed E-state index contributed by atoms with van der Waals surface area (Å²) in [4.78, 5) is 11.9. The first kappa shape index (κ1) is 31.2. The van der Waals surface area contributed by atoms with Crippen molar-refractivity contribution in [3.63, 3.8) is 0 Å². The van der Waals surface area contributed by atoms with Crippen LogP contribution in [-0.2, 0) is 26.0 Å². The molecule has 0 amide bonds. The lowest BCUT2D eigenvalue weighted by Crippen LogP contribution is -2.16. The lowest BCUT2D eigenvalue weighted by Gasteiger charge is -2.21. The Hall–Kier alpha value is -3.76. The van der Waals surface area contributed by atoms with Gasteiger partial charge in [0.15, 0.2) is 32.8 Å². The zero-order valence-electron chi connectivity index (χ0n) is 24.7. The molecule has 0 N–H and O–H groups in total. The minimum atomic E-state index is -4.03. The predicted molar refractivity (Wildman–Crippen MR) is 158 cm³/mol. The molecular formula is C32H38O9S. The normalized spacial score (nSPS) is 16.6. The third-order valence-corrected chi connectivity index (χ3v) is 8.67. The highest BCUT2D eigenvalue weighted by Gasteiger charge is 2.33. The topological polar surface area (TPSA) is 107 Å². The van der Waals surface area contributed by atoms with Gasteiger partial charge in [-0.15, -0.1) is 0 Å². The Morgan fingerprint density at radius 1 is 0.833 bits per heavy atom. The van der Waals surface area contributed by atoms with Crippen LogP contribution in [0.25, 0.3) is 0 Å². The number of carbonyl (C=O) groups excluding carboxylic acids is 1. The third-order valence-electron chi connectivity index (χ3n) is 6.91. The number of rotatable bonds is 14. The van der Waals surface area contributed by atoms with Crippen molar-refractivity contribution < 1.29 is 41.6 Å². The van der Waals surface area contributed by atoms with E-state index in [0.29, 0.717) is 42.1 Å². The van der Waals surface area contributed by atoms with Crippen molar-refractivity contribution in [2.24, 2.45) is 0 Å². The van der Waals surface area contributed by atoms with Crippen LogP contribution in [0.15, 0.2) is 59.5 Å². The van der Waals surface area contributed by atoms with Gasteiger partial charge >= 0.3 is 0 Å². The molecular weight excluding hydrogens is 560 g/mol. The first-order chi connectivity index (χ1) is 20.2. The second-order valence-corrected chi connectivity index (χ2v) is 12.0. The fourth-order valence-electron chi connectivity index (χ4n) is 4.96. The SMILES string of the molecule is CCCOc1c(OCc2ccccc2)cc(C2CCC(c3cc(OC)c(OC)c(OC)c3)O2)cc1S(=O)(=O)CC(C)=O. The largest absolute Gasteiger partial charge is 0.493 e. The first-order valence-electron chi connectivity index (χ1n) is 13.9. The number of sulfone groups is 1. The lowest BCUT2D eigenvalue weighted by atomic mass is 10.0. The maximum absolute atomic E-state index is 13.5. The van der Waals surface area contributed by atoms with E-state index in [1.807, 2.05) is 49.4 Å². The maximum atomic E-state index is 13.5. The van der Waals surface area contributed by atoms with E-state index in [1.165, 1.54) is 6.92 Å². The molecule has 4 rings (SSSR count). The molecule has 0 bridgehead atoms. The Labute approximate surface area is 247 Å². The molecule has 2 atom stereocenters. The van der Waals surface area contributed by atoms with E-state index in [-0.39, 0.29) is 35.7 Å². The summed E-state index contributed by atoms with van der Waals surface area (Å²) in [5.41, 5.74) is 2.39. The van der Waals surface area contributed by atoms with Crippen molar-refractivity contribution in [1.29, 1.82) is 0 Å². The van der Waals surface area contributed by atoms with Gasteiger partial charge in [0.05, 0.1) is 40.1 Å². The third kappa shape index (κ3) is 7.17. The zero-order valence-corrected chi connectivity index (χ0v) is 25.5. The molecule has 0 spiro atoms. The van der Waals surface area contributed by atoms with E-state index in [0.717, 1.165) is 11.1 Å². The van der Waals surface area contributed by atoms with Gasteiger partial charge in [0.25, 0.3) is 0 Å². The van der Waals surface area contributed by atoms with Gasteiger partial charge in [-0.1, -0.05) is 37.3 Å². The van der Waals surface area contributed by atoms with E-state index in [1.54, 1.807) is 33.5 Å². The zero-order chi connectivity index (χ0) is 30.3. The van der Waals surface area contributed by atoms with E-state index in [2.05, 4.69) is 0 Å². The molecule has 3 aromatic carbocycles. The van der Waals surface area contributed by atoms with Crippen LogP contribution in [0.4, 0.5) is 0 Å². The van der Waals surface area contributed by atoms with Crippen LogP contribution in [-0.4, -0.2) is 47.9 Å². The molecule has 0 aromatic heterocycles. The number of hydrogen-bond acceptors (Lipinski definition) is 9. The Bertz CT molecular complexity index is 1460. The molecule has 226 valence electrons. The van der Waals surface area contributed by atoms with Crippen molar-refractivity contribution in [1.82, 2.24) is 0 Å². The number of methoxy groups -OCH3 is 3. The van der Waals surface area contributed by atoms with Gasteiger partial charge in [-0.2, -0.15) is 0 Å². The number of ether oxygens (including phenoxy) is 6. The molecule has 0 aliphatic carbocycles. The van der Waals surface area contributed by atoms with Crippen molar-refractivity contribution >= 4 is 15.6 Å². The second-order valence-electron chi connectivity index (χ2n) is 10.1. The molecule has 1 aliphatic rings. The quantitative estimate of drug-likeness (QED) is 0.220. The second kappa shape index (κ2) is 13.9. The average Bonchev–Trinajstić information content (AvgIpc) is 3.48. The molecule has 3 aromatic rings. The summed E-state index contributed by atoms with van der Waals surface area (Å²) in [5, 5.41) is 0. The van der Waals surface area contributed by atoms with Gasteiger partial charge in [0.1, 0.15) is 23.0 Å². The summed E-state index contributed by atoms with van der Waals surface area (Å²) in [6.45, 7) is 3.67. The van der Waals surface area contributed by atoms with Crippen LogP contribution in [0.5, 0.6) is 28.7 Å². The van der Waals surface area contributed by atoms with Gasteiger partial charge in [0.2, 0.25) is 5.75 Å². The summed E-state index contributed by atoms with van der Waals surface area (Å²) in [6.07, 6.45) is 1.23. The predicted octanol–water partition coefficient (Wildman–Crippen LogP) is 6.04. The molecule has 1 aliphatic heterocycles. The van der Waals surface area contributed by atoms with Crippen molar-refractivity contribution in [3.05, 3.63) is 71.3 Å². The molecule has 10 heteroatoms. The summed E-state index contributed by atoms with van der Waals surface area (Å²) in [7, 11) is 0.634. The molecule has 1 heterocycles. The first-order valence-corrected chi connectivity index (χ1v) is 15.5. The Morgan fingerprint density at radius 3 is 1.98 bits per heavy atom. The summed E-state index contributed by atoms with van der Waals surface area (Å²) in [5.74, 6) is 0.811. The van der Waals surface area contributed by atoms with E-state index >= 15 is 0 Å². The summed E-state index contributed by atoms with van der Waals surface area (Å²) in [6, 6.07) is 16.6. The van der Waals surface area contributed by atoms with Gasteiger partial charge in [0, 0.05) is 0 Å². The van der Waals surface area contributed by atoms with E-state index in [9.17, 15) is 13.2 Å². The Kier molecular flexibility index (Phi) is 10.3. The number of ketones is 1. The standard InChI is InChI=1S/C32H38O9S/c1-6-14-39-32-29(40-19-22-10-8-7-9-11-22)17-24(18-30(32)42(34,35)20-21(2)33)26-13-12-25(41-26)23-15-27(36-3)31(38-5)28(16-23)37-4/h7-11,15-18,25-26H,6,12-14,19-20H2,1-5H3. The fourth-order valence-corrected chi connectivity index (χ4v) is 6.41. The molecule has 0 saturated carbocycles. The summed E-state index contributed by atoms with van der Waals surface area (Å²) >= 11 is 0. The van der Waals surface area contributed by atoms with Gasteiger partial charge in [-0.25, -0.2) is 8.42 Å². The van der Waals surface area contributed by atoms with Crippen molar-refractivity contribution in [3.8, 4) is 28.7 Å². The molecule has 0 radical (unpaired) electrons. The smallest absolute Gasteiger partial charge is 0.203 e. The number of carbonyl (C=O) groups is 1. The molecule has 1 saturated heterocycles. The average molecular weight is 599 g/mol. The van der Waals surface area contributed by atoms with Gasteiger partial charge in [-0.05, 0) is 67.1 Å². The van der Waals surface area contributed by atoms with Crippen LogP contribution in [0, 0.1) is 0 Å². The summed E-state index contributed by atoms with van der Waals surface area (Å²) < 4.78 is 62.0. The minimum Gasteiger partial charge on any atom is -0.493 e. The lowest BCUT2D eigenvalue weighted by molar-refractivity contribution is -0.114. The highest BCUT2D eigenvalue weighted by Crippen LogP contribution is 2.48. The molecule has 9 nitrogen and oxygen atoms in total. The van der Waals surface area contributed by atoms with Crippen LogP contribution in [0.1, 0.15) is 62.0 Å². The van der Waals surface area contributed by atoms with Gasteiger partial charge in [-0.3, -0.25) is 4.79 Å². The molecule has 1 fully saturated rings. The van der Waals surface area contributed by atoms with E-state index in [4.69, 9.17) is 28.4 Å². The van der Waals surface area contributed by atoms with Gasteiger partial charge < -0.3 is 28.4 Å². The van der Waals surface area contributed by atoms with Crippen molar-refractivity contribution in [2.45, 2.75) is 56.8 Å². The van der Waals surface area contributed by atoms with Crippen LogP contribution in [0.3, 0.4) is 0 Å².